The van der Waals surface area contributed by atoms with Crippen molar-refractivity contribution < 1.29 is 26.7 Å². The Kier molecular flexibility index (Phi) is 4.92. The van der Waals surface area contributed by atoms with Crippen molar-refractivity contribution in [2.75, 3.05) is 20.3 Å². The molecule has 6 nitrogen and oxygen atoms in total. The first-order valence-electron chi connectivity index (χ1n) is 5.06. The molecule has 19 heavy (non-hydrogen) atoms. The van der Waals surface area contributed by atoms with Gasteiger partial charge in [-0.25, -0.2) is 22.3 Å². The van der Waals surface area contributed by atoms with Crippen LogP contribution in [-0.2, 0) is 14.8 Å². The molecule has 106 valence electrons. The Labute approximate surface area is 108 Å². The normalized spacial score (nSPS) is 11.4. The molecule has 0 aromatic heterocycles. The molecule has 1 rings (SSSR count). The number of sulfonamides is 1. The van der Waals surface area contributed by atoms with Crippen LogP contribution in [0.25, 0.3) is 0 Å². The van der Waals surface area contributed by atoms with Crippen LogP contribution in [0.4, 0.5) is 8.78 Å². The van der Waals surface area contributed by atoms with Gasteiger partial charge in [-0.1, -0.05) is 0 Å². The molecule has 0 aliphatic carbocycles. The summed E-state index contributed by atoms with van der Waals surface area (Å²) < 4.78 is 53.5. The lowest BCUT2D eigenvalue weighted by Gasteiger charge is -2.08. The van der Waals surface area contributed by atoms with E-state index in [0.717, 1.165) is 0 Å². The molecule has 0 saturated carbocycles. The van der Waals surface area contributed by atoms with E-state index in [1.807, 2.05) is 0 Å². The molecule has 0 unspecified atom stereocenters. The standard InChI is InChI=1S/C10H12F2N2O4S/c1-18-3-2-14-10(15)6-4-9(19(13,16)17)8(12)5-7(6)11/h4-5H,2-3H2,1H3,(H,14,15)(H2,13,16,17). The summed E-state index contributed by atoms with van der Waals surface area (Å²) in [6.45, 7) is 0.285. The summed E-state index contributed by atoms with van der Waals surface area (Å²) in [5.74, 6) is -3.42. The Morgan fingerprint density at radius 3 is 2.53 bits per heavy atom. The number of benzene rings is 1. The average molecular weight is 294 g/mol. The van der Waals surface area contributed by atoms with E-state index in [0.29, 0.717) is 12.1 Å². The minimum atomic E-state index is -4.38. The lowest BCUT2D eigenvalue weighted by molar-refractivity contribution is 0.0932. The third-order valence-electron chi connectivity index (χ3n) is 2.16. The van der Waals surface area contributed by atoms with E-state index in [1.165, 1.54) is 7.11 Å². The number of hydrogen-bond acceptors (Lipinski definition) is 4. The van der Waals surface area contributed by atoms with Crippen LogP contribution in [0.15, 0.2) is 17.0 Å². The second-order valence-electron chi connectivity index (χ2n) is 3.56. The molecule has 9 heteroatoms. The van der Waals surface area contributed by atoms with Crippen molar-refractivity contribution in [1.29, 1.82) is 0 Å². The van der Waals surface area contributed by atoms with Crippen molar-refractivity contribution in [3.05, 3.63) is 29.3 Å². The Balaban J connectivity index is 3.11. The van der Waals surface area contributed by atoms with Crippen LogP contribution in [0.3, 0.4) is 0 Å². The van der Waals surface area contributed by atoms with Crippen molar-refractivity contribution in [3.8, 4) is 0 Å². The summed E-state index contributed by atoms with van der Waals surface area (Å²) in [5, 5.41) is 7.03. The quantitative estimate of drug-likeness (QED) is 0.746. The number of amides is 1. The van der Waals surface area contributed by atoms with Crippen LogP contribution >= 0.6 is 0 Å². The summed E-state index contributed by atoms with van der Waals surface area (Å²) >= 11 is 0. The van der Waals surface area contributed by atoms with Gasteiger partial charge in [0.25, 0.3) is 5.91 Å². The van der Waals surface area contributed by atoms with Crippen molar-refractivity contribution >= 4 is 15.9 Å². The zero-order valence-electron chi connectivity index (χ0n) is 9.94. The number of carbonyl (C=O) groups is 1. The van der Waals surface area contributed by atoms with Crippen molar-refractivity contribution in [1.82, 2.24) is 5.32 Å². The van der Waals surface area contributed by atoms with Crippen molar-refractivity contribution in [2.45, 2.75) is 4.90 Å². The van der Waals surface area contributed by atoms with Gasteiger partial charge >= 0.3 is 0 Å². The number of ether oxygens (including phenoxy) is 1. The first kappa shape index (κ1) is 15.5. The van der Waals surface area contributed by atoms with E-state index in [9.17, 15) is 22.0 Å². The second kappa shape index (κ2) is 6.04. The molecule has 1 aromatic carbocycles. The van der Waals surface area contributed by atoms with E-state index in [2.05, 4.69) is 10.1 Å². The highest BCUT2D eigenvalue weighted by Crippen LogP contribution is 2.18. The summed E-state index contributed by atoms with van der Waals surface area (Å²) in [5.41, 5.74) is -0.610. The Hall–Kier alpha value is -1.58. The van der Waals surface area contributed by atoms with Gasteiger partial charge in [-0.2, -0.15) is 0 Å². The van der Waals surface area contributed by atoms with Gasteiger partial charge in [-0.3, -0.25) is 4.79 Å². The highest BCUT2D eigenvalue weighted by atomic mass is 32.2. The van der Waals surface area contributed by atoms with Gasteiger partial charge in [-0.15, -0.1) is 0 Å². The molecule has 0 radical (unpaired) electrons. The maximum atomic E-state index is 13.4. The van der Waals surface area contributed by atoms with Gasteiger partial charge in [-0.05, 0) is 6.07 Å². The van der Waals surface area contributed by atoms with Crippen LogP contribution < -0.4 is 10.5 Å². The molecular weight excluding hydrogens is 282 g/mol. The fourth-order valence-corrected chi connectivity index (χ4v) is 1.90. The first-order valence-corrected chi connectivity index (χ1v) is 6.61. The predicted octanol–water partition coefficient (Wildman–Crippen LogP) is -0.0116. The highest BCUT2D eigenvalue weighted by Gasteiger charge is 2.21. The Bertz CT molecular complexity index is 589. The molecular formula is C10H12F2N2O4S. The number of methoxy groups -OCH3 is 1. The number of primary sulfonamides is 1. The molecule has 0 atom stereocenters. The Morgan fingerprint density at radius 2 is 2.00 bits per heavy atom. The molecule has 0 heterocycles. The third kappa shape index (κ3) is 3.94. The SMILES string of the molecule is COCCNC(=O)c1cc(S(N)(=O)=O)c(F)cc1F. The van der Waals surface area contributed by atoms with Crippen molar-refractivity contribution in [3.63, 3.8) is 0 Å². The van der Waals surface area contributed by atoms with Gasteiger partial charge in [0.2, 0.25) is 10.0 Å². The number of rotatable bonds is 5. The third-order valence-corrected chi connectivity index (χ3v) is 3.09. The minimum Gasteiger partial charge on any atom is -0.383 e. The number of hydrogen-bond donors (Lipinski definition) is 2. The number of halogens is 2. The largest absolute Gasteiger partial charge is 0.383 e. The van der Waals surface area contributed by atoms with E-state index in [4.69, 9.17) is 5.14 Å². The molecule has 0 bridgehead atoms. The lowest BCUT2D eigenvalue weighted by Crippen LogP contribution is -2.28. The minimum absolute atomic E-state index is 0.0941. The molecule has 1 amide bonds. The smallest absolute Gasteiger partial charge is 0.254 e. The maximum absolute atomic E-state index is 13.4. The number of carbonyl (C=O) groups excluding carboxylic acids is 1. The molecule has 3 N–H and O–H groups in total. The van der Waals surface area contributed by atoms with Crippen molar-refractivity contribution in [2.24, 2.45) is 5.14 Å². The fourth-order valence-electron chi connectivity index (χ4n) is 1.28. The molecule has 0 aliphatic rings. The lowest BCUT2D eigenvalue weighted by atomic mass is 10.2. The van der Waals surface area contributed by atoms with Crippen LogP contribution in [0.5, 0.6) is 0 Å². The van der Waals surface area contributed by atoms with E-state index >= 15 is 0 Å². The summed E-state index contributed by atoms with van der Waals surface area (Å²) in [6, 6.07) is 0.854. The number of nitrogens with one attached hydrogen (secondary N) is 1. The van der Waals surface area contributed by atoms with E-state index < -0.39 is 38.0 Å². The predicted molar refractivity (Wildman–Crippen MR) is 61.9 cm³/mol. The zero-order valence-corrected chi connectivity index (χ0v) is 10.8. The first-order chi connectivity index (χ1) is 8.77. The molecule has 0 fully saturated rings. The Morgan fingerprint density at radius 1 is 1.37 bits per heavy atom. The fraction of sp³-hybridized carbons (Fsp3) is 0.300. The topological polar surface area (TPSA) is 98.5 Å². The monoisotopic (exact) mass is 294 g/mol. The maximum Gasteiger partial charge on any atom is 0.254 e. The van der Waals surface area contributed by atoms with Gasteiger partial charge in [0.05, 0.1) is 12.2 Å². The highest BCUT2D eigenvalue weighted by molar-refractivity contribution is 7.89. The molecule has 0 spiro atoms. The molecule has 1 aromatic rings. The van der Waals surface area contributed by atoms with Gasteiger partial charge in [0, 0.05) is 19.7 Å². The second-order valence-corrected chi connectivity index (χ2v) is 5.09. The van der Waals surface area contributed by atoms with Crippen LogP contribution in [-0.4, -0.2) is 34.6 Å². The molecule has 0 aliphatic heterocycles. The number of nitrogens with two attached hydrogens (primary N) is 1. The summed E-state index contributed by atoms with van der Waals surface area (Å²) in [7, 11) is -2.97. The summed E-state index contributed by atoms with van der Waals surface area (Å²) in [4.78, 5) is 10.6. The van der Waals surface area contributed by atoms with Gasteiger partial charge < -0.3 is 10.1 Å². The average Bonchev–Trinajstić information content (AvgIpc) is 2.27. The zero-order chi connectivity index (χ0) is 14.6. The molecule has 0 saturated heterocycles. The van der Waals surface area contributed by atoms with Crippen LogP contribution in [0.2, 0.25) is 0 Å². The van der Waals surface area contributed by atoms with Gasteiger partial charge in [0.15, 0.2) is 0 Å². The van der Waals surface area contributed by atoms with Crippen LogP contribution in [0.1, 0.15) is 10.4 Å². The van der Waals surface area contributed by atoms with Crippen LogP contribution in [0, 0.1) is 11.6 Å². The van der Waals surface area contributed by atoms with E-state index in [1.54, 1.807) is 0 Å². The van der Waals surface area contributed by atoms with E-state index in [-0.39, 0.29) is 13.2 Å². The summed E-state index contributed by atoms with van der Waals surface area (Å²) in [6.07, 6.45) is 0. The van der Waals surface area contributed by atoms with Gasteiger partial charge in [0.1, 0.15) is 16.5 Å².